The molecule has 0 spiro atoms. The number of H-pyrrole nitrogens is 1. The van der Waals surface area contributed by atoms with Gasteiger partial charge in [0.1, 0.15) is 28.8 Å². The van der Waals surface area contributed by atoms with Crippen LogP contribution in [0.2, 0.25) is 0 Å². The van der Waals surface area contributed by atoms with Crippen molar-refractivity contribution in [2.24, 2.45) is 0 Å². The van der Waals surface area contributed by atoms with Gasteiger partial charge < -0.3 is 25.8 Å². The summed E-state index contributed by atoms with van der Waals surface area (Å²) in [5.74, 6) is -0.169. The molecule has 2 aliphatic rings. The second-order valence-electron chi connectivity index (χ2n) is 9.90. The van der Waals surface area contributed by atoms with Gasteiger partial charge in [-0.05, 0) is 0 Å². The number of nitrogens with one attached hydrogen (secondary N) is 1. The number of nitrogen functional groups attached to an aromatic ring is 2. The lowest BCUT2D eigenvalue weighted by atomic mass is 10.2. The Hall–Kier alpha value is -2.43. The van der Waals surface area contributed by atoms with Crippen LogP contribution >= 0.6 is 49.4 Å². The van der Waals surface area contributed by atoms with Gasteiger partial charge >= 0.3 is 18.5 Å². The number of nitrogens with zero attached hydrogens (tertiary/aromatic N) is 6. The van der Waals surface area contributed by atoms with Crippen molar-refractivity contribution in [1.82, 2.24) is 34.1 Å². The molecule has 2 aliphatic heterocycles. The molecule has 2 fully saturated rings. The van der Waals surface area contributed by atoms with Gasteiger partial charge in [0.2, 0.25) is 5.95 Å². The molecule has 6 rings (SSSR count). The molecule has 19 nitrogen and oxygen atoms in total. The maximum Gasteiger partial charge on any atom is 0.386 e. The van der Waals surface area contributed by atoms with E-state index < -0.39 is 74.2 Å². The van der Waals surface area contributed by atoms with E-state index in [9.17, 15) is 23.6 Å². The zero-order valence-electron chi connectivity index (χ0n) is 22.5. The maximum atomic E-state index is 15.0. The molecule has 0 amide bonds. The topological polar surface area (TPSA) is 264 Å². The largest absolute Gasteiger partial charge is 0.386 e. The summed E-state index contributed by atoms with van der Waals surface area (Å²) in [6.07, 6.45) is -4.89. The fraction of sp³-hybridized carbons (Fsp3) is 0.500. The molecule has 244 valence electrons. The third-order valence-corrected chi connectivity index (χ3v) is 10.2. The van der Waals surface area contributed by atoms with Crippen molar-refractivity contribution in [2.45, 2.75) is 49.8 Å². The Bertz CT molecular complexity index is 1970. The minimum atomic E-state index is -4.28. The molecule has 0 radical (unpaired) electrons. The molecule has 0 saturated carbocycles. The highest BCUT2D eigenvalue weighted by molar-refractivity contribution is 8.44. The number of aromatic nitrogens is 7. The third-order valence-electron chi connectivity index (χ3n) is 6.80. The predicted molar refractivity (Wildman–Crippen MR) is 163 cm³/mol. The van der Waals surface area contributed by atoms with Crippen molar-refractivity contribution in [3.05, 3.63) is 32.7 Å². The Morgan fingerprint density at radius 2 is 1.80 bits per heavy atom. The van der Waals surface area contributed by atoms with Crippen LogP contribution in [0.25, 0.3) is 21.5 Å². The Morgan fingerprint density at radius 3 is 2.56 bits per heavy atom. The smallest absolute Gasteiger partial charge is 0.382 e. The highest BCUT2D eigenvalue weighted by atomic mass is 32.7. The van der Waals surface area contributed by atoms with Gasteiger partial charge in [0.05, 0.1) is 31.7 Å². The second-order valence-corrected chi connectivity index (χ2v) is 16.5. The first-order valence-electron chi connectivity index (χ1n) is 12.8. The number of rotatable bonds is 10. The van der Waals surface area contributed by atoms with Crippen molar-refractivity contribution in [2.75, 3.05) is 24.7 Å². The summed E-state index contributed by atoms with van der Waals surface area (Å²) in [4.78, 5) is 52.4. The lowest BCUT2D eigenvalue weighted by Crippen LogP contribution is -2.29. The molecule has 45 heavy (non-hydrogen) atoms. The summed E-state index contributed by atoms with van der Waals surface area (Å²) < 4.78 is 69.9. The molecule has 2 saturated heterocycles. The van der Waals surface area contributed by atoms with Gasteiger partial charge in [-0.15, -0.1) is 0 Å². The molecule has 0 bridgehead atoms. The molecule has 2 unspecified atom stereocenters. The van der Waals surface area contributed by atoms with E-state index in [2.05, 4.69) is 49.4 Å². The number of alkyl halides is 1. The zero-order chi connectivity index (χ0) is 32.3. The normalized spacial score (nSPS) is 28.1. The van der Waals surface area contributed by atoms with E-state index in [4.69, 9.17) is 34.5 Å². The summed E-state index contributed by atoms with van der Waals surface area (Å²) in [5, 5.41) is 0. The number of imidazole rings is 1. The Kier molecular flexibility index (Phi) is 8.89. The van der Waals surface area contributed by atoms with Crippen LogP contribution in [0.3, 0.4) is 0 Å². The summed E-state index contributed by atoms with van der Waals surface area (Å²) in [6, 6.07) is 0. The van der Waals surface area contributed by atoms with Crippen LogP contribution in [0, 0.1) is 0 Å². The molecule has 6 heterocycles. The number of ether oxygens (including phenoxy) is 2. The van der Waals surface area contributed by atoms with Crippen LogP contribution in [-0.2, 0) is 32.2 Å². The van der Waals surface area contributed by atoms with E-state index in [1.807, 2.05) is 0 Å². The minimum Gasteiger partial charge on any atom is -0.382 e. The third kappa shape index (κ3) is 6.84. The summed E-state index contributed by atoms with van der Waals surface area (Å²) in [6.45, 7) is -9.37. The Labute approximate surface area is 264 Å². The van der Waals surface area contributed by atoms with E-state index in [0.29, 0.717) is 11.3 Å². The molecule has 0 aliphatic carbocycles. The van der Waals surface area contributed by atoms with Crippen LogP contribution in [0.15, 0.2) is 22.2 Å². The first-order valence-corrected chi connectivity index (χ1v) is 19.1. The predicted octanol–water partition coefficient (Wildman–Crippen LogP) is 1.55. The molecule has 6 N–H and O–H groups in total. The van der Waals surface area contributed by atoms with Crippen LogP contribution in [0.5, 0.6) is 0 Å². The fourth-order valence-corrected chi connectivity index (χ4v) is 7.90. The fourth-order valence-electron chi connectivity index (χ4n) is 4.98. The number of fused-ring (bicyclic) bond motifs is 2. The summed E-state index contributed by atoms with van der Waals surface area (Å²) in [5.41, 5.74) is 11.2. The molecule has 0 aromatic carbocycles. The Morgan fingerprint density at radius 1 is 1.09 bits per heavy atom. The number of nitrogens with two attached hydrogens (primary N) is 2. The quantitative estimate of drug-likeness (QED) is 0.1000. The zero-order valence-corrected chi connectivity index (χ0v) is 26.9. The minimum absolute atomic E-state index is 0.0645. The molecule has 8 atom stereocenters. The van der Waals surface area contributed by atoms with Crippen LogP contribution in [0.1, 0.15) is 25.3 Å². The standard InChI is InChI=1S/C20H24FN9O10P2S3/c21-9-1-7(38-17(9)29-6-26-11-13(22)24-5-25-14(11)29)4-37-42(35,44)40-10-2-8(3-36-41(33,34)43)39-18(10)30-15-12(45-20(30)32)16(31)28-19(23)27-15/h5-10,17-18H,1-4H2,(H,35,44)(H2,22,24,25)(H2,33,34,43)(H3,23,27,28,31)/t7-,8-,9+,10+,17+,18+,42?/m0/s1. The second kappa shape index (κ2) is 12.3. The number of anilines is 2. The van der Waals surface area contributed by atoms with E-state index in [1.165, 1.54) is 17.2 Å². The van der Waals surface area contributed by atoms with Crippen molar-refractivity contribution >= 4 is 82.7 Å². The van der Waals surface area contributed by atoms with Gasteiger partial charge in [-0.25, -0.2) is 28.5 Å². The number of hydrogen-bond donors (Lipinski definition) is 6. The highest BCUT2D eigenvalue weighted by Gasteiger charge is 2.45. The van der Waals surface area contributed by atoms with Gasteiger partial charge in [-0.3, -0.25) is 37.3 Å². The molecule has 4 aromatic heterocycles. The van der Waals surface area contributed by atoms with E-state index >= 15 is 4.39 Å². The molecule has 25 heteroatoms. The highest BCUT2D eigenvalue weighted by Crippen LogP contribution is 2.57. The van der Waals surface area contributed by atoms with Crippen molar-refractivity contribution in [3.63, 3.8) is 0 Å². The SMILES string of the molecule is Nc1nc2c(sc(=O)n2[C@@H]2O[C@H](COP(=O)(O)S)C[C@H]2OP(=O)(S)OC[C@@H]2C[C@@H](F)[C@H](n3cnc4c(N)ncnc43)O2)c(=O)[nH]1. The van der Waals surface area contributed by atoms with Gasteiger partial charge in [0.25, 0.3) is 5.56 Å². The van der Waals surface area contributed by atoms with E-state index in [-0.39, 0.29) is 46.1 Å². The summed E-state index contributed by atoms with van der Waals surface area (Å²) >= 11 is 8.08. The Balaban J connectivity index is 1.18. The van der Waals surface area contributed by atoms with Crippen LogP contribution in [0.4, 0.5) is 16.2 Å². The van der Waals surface area contributed by atoms with E-state index in [1.54, 1.807) is 0 Å². The first kappa shape index (κ1) is 32.5. The maximum absolute atomic E-state index is 15.0. The van der Waals surface area contributed by atoms with E-state index in [0.717, 1.165) is 4.57 Å². The average molecular weight is 728 g/mol. The monoisotopic (exact) mass is 727 g/mol. The van der Waals surface area contributed by atoms with Crippen molar-refractivity contribution in [3.8, 4) is 0 Å². The number of thiol groups is 2. The van der Waals surface area contributed by atoms with Gasteiger partial charge in [-0.2, -0.15) is 4.98 Å². The number of aromatic amines is 1. The van der Waals surface area contributed by atoms with Crippen LogP contribution < -0.4 is 21.9 Å². The van der Waals surface area contributed by atoms with Crippen molar-refractivity contribution in [1.29, 1.82) is 0 Å². The molecular formula is C20H24FN9O10P2S3. The molecule has 4 aromatic rings. The lowest BCUT2D eigenvalue weighted by molar-refractivity contribution is -0.0476. The van der Waals surface area contributed by atoms with Crippen molar-refractivity contribution < 1.29 is 41.5 Å². The summed E-state index contributed by atoms with van der Waals surface area (Å²) in [7, 11) is 0. The first-order chi connectivity index (χ1) is 21.2. The number of thiazole rings is 1. The van der Waals surface area contributed by atoms with Gasteiger partial charge in [0.15, 0.2) is 29.6 Å². The average Bonchev–Trinajstić information content (AvgIpc) is 3.70. The molecular weight excluding hydrogens is 703 g/mol. The van der Waals surface area contributed by atoms with Gasteiger partial charge in [-0.1, -0.05) is 35.8 Å². The number of halogens is 1. The lowest BCUT2D eigenvalue weighted by Gasteiger charge is -2.23. The number of hydrogen-bond acceptors (Lipinski definition) is 16. The van der Waals surface area contributed by atoms with Crippen LogP contribution in [-0.4, -0.2) is 76.6 Å². The van der Waals surface area contributed by atoms with Gasteiger partial charge in [0, 0.05) is 12.8 Å².